The highest BCUT2D eigenvalue weighted by Crippen LogP contribution is 2.07. The Kier molecular flexibility index (Phi) is 4.98. The number of carboxylic acids is 1. The van der Waals surface area contributed by atoms with Crippen molar-refractivity contribution in [3.63, 3.8) is 0 Å². The number of halogens is 1. The van der Waals surface area contributed by atoms with Gasteiger partial charge < -0.3 is 10.4 Å². The number of amides is 1. The molecule has 0 aliphatic heterocycles. The Labute approximate surface area is 103 Å². The molecule has 5 nitrogen and oxygen atoms in total. The third kappa shape index (κ3) is 4.73. The number of benzene rings is 1. The van der Waals surface area contributed by atoms with Gasteiger partial charge in [-0.2, -0.15) is 0 Å². The van der Waals surface area contributed by atoms with E-state index in [1.165, 1.54) is 12.1 Å². The van der Waals surface area contributed by atoms with Crippen LogP contribution in [0.4, 0.5) is 4.39 Å². The van der Waals surface area contributed by atoms with Gasteiger partial charge in [-0.3, -0.25) is 14.4 Å². The zero-order chi connectivity index (χ0) is 13.5. The summed E-state index contributed by atoms with van der Waals surface area (Å²) in [6.45, 7) is -0.469. The molecule has 0 atom stereocenters. The summed E-state index contributed by atoms with van der Waals surface area (Å²) in [5, 5.41) is 10.5. The largest absolute Gasteiger partial charge is 0.480 e. The molecule has 0 saturated carbocycles. The Morgan fingerprint density at radius 2 is 1.72 bits per heavy atom. The Balaban J connectivity index is 2.39. The van der Waals surface area contributed by atoms with Crippen LogP contribution in [-0.2, 0) is 9.59 Å². The van der Waals surface area contributed by atoms with Crippen LogP contribution in [0.2, 0.25) is 0 Å². The smallest absolute Gasteiger partial charge is 0.322 e. The molecule has 96 valence electrons. The lowest BCUT2D eigenvalue weighted by molar-refractivity contribution is -0.137. The molecule has 6 heteroatoms. The van der Waals surface area contributed by atoms with E-state index in [0.29, 0.717) is 5.56 Å². The van der Waals surface area contributed by atoms with E-state index in [9.17, 15) is 18.8 Å². The number of aliphatic carboxylic acids is 1. The molecule has 18 heavy (non-hydrogen) atoms. The molecule has 0 aliphatic rings. The van der Waals surface area contributed by atoms with Gasteiger partial charge in [0.1, 0.15) is 12.4 Å². The minimum absolute atomic E-state index is 0.0446. The van der Waals surface area contributed by atoms with Crippen molar-refractivity contribution in [2.45, 2.75) is 12.8 Å². The van der Waals surface area contributed by atoms with Gasteiger partial charge in [-0.1, -0.05) is 0 Å². The van der Waals surface area contributed by atoms with Crippen molar-refractivity contribution in [1.29, 1.82) is 0 Å². The summed E-state index contributed by atoms with van der Waals surface area (Å²) in [5.74, 6) is -2.38. The summed E-state index contributed by atoms with van der Waals surface area (Å²) in [7, 11) is 0. The van der Waals surface area contributed by atoms with Gasteiger partial charge in [0.15, 0.2) is 5.78 Å². The van der Waals surface area contributed by atoms with Crippen molar-refractivity contribution in [3.05, 3.63) is 35.6 Å². The average molecular weight is 253 g/mol. The highest BCUT2D eigenvalue weighted by molar-refractivity contribution is 5.98. The minimum atomic E-state index is -1.15. The fourth-order valence-electron chi connectivity index (χ4n) is 1.27. The van der Waals surface area contributed by atoms with Crippen molar-refractivity contribution >= 4 is 17.7 Å². The third-order valence-electron chi connectivity index (χ3n) is 2.18. The van der Waals surface area contributed by atoms with Gasteiger partial charge in [-0.05, 0) is 24.3 Å². The molecule has 0 spiro atoms. The highest BCUT2D eigenvalue weighted by Gasteiger charge is 2.10. The molecule has 0 fully saturated rings. The lowest BCUT2D eigenvalue weighted by Gasteiger charge is -2.02. The van der Waals surface area contributed by atoms with E-state index in [4.69, 9.17) is 5.11 Å². The van der Waals surface area contributed by atoms with Gasteiger partial charge in [0.25, 0.3) is 0 Å². The summed E-state index contributed by atoms with van der Waals surface area (Å²) in [5.41, 5.74) is 0.322. The molecular formula is C12H12FNO4. The van der Waals surface area contributed by atoms with Crippen molar-refractivity contribution in [2.75, 3.05) is 6.54 Å². The number of ketones is 1. The van der Waals surface area contributed by atoms with E-state index in [2.05, 4.69) is 5.32 Å². The molecule has 1 aromatic carbocycles. The maximum absolute atomic E-state index is 12.6. The molecule has 2 N–H and O–H groups in total. The summed E-state index contributed by atoms with van der Waals surface area (Å²) in [6.07, 6.45) is -0.138. The molecule has 0 heterocycles. The van der Waals surface area contributed by atoms with Crippen molar-refractivity contribution in [3.8, 4) is 0 Å². The van der Waals surface area contributed by atoms with E-state index in [-0.39, 0.29) is 18.6 Å². The Bertz CT molecular complexity index is 456. The molecule has 0 aromatic heterocycles. The maximum Gasteiger partial charge on any atom is 0.322 e. The van der Waals surface area contributed by atoms with Crippen molar-refractivity contribution < 1.29 is 23.9 Å². The maximum atomic E-state index is 12.6. The zero-order valence-electron chi connectivity index (χ0n) is 9.48. The van der Waals surface area contributed by atoms with Crippen LogP contribution in [0.5, 0.6) is 0 Å². The molecule has 0 saturated heterocycles. The third-order valence-corrected chi connectivity index (χ3v) is 2.18. The predicted octanol–water partition coefficient (Wildman–Crippen LogP) is 0.989. The first-order chi connectivity index (χ1) is 8.49. The summed E-state index contributed by atoms with van der Waals surface area (Å²) >= 11 is 0. The van der Waals surface area contributed by atoms with E-state index in [1.54, 1.807) is 0 Å². The fraction of sp³-hybridized carbons (Fsp3) is 0.250. The van der Waals surface area contributed by atoms with Crippen LogP contribution >= 0.6 is 0 Å². The number of rotatable bonds is 6. The fourth-order valence-corrected chi connectivity index (χ4v) is 1.27. The SMILES string of the molecule is O=C(O)CNC(=O)CCC(=O)c1ccc(F)cc1. The molecule has 0 aliphatic carbocycles. The predicted molar refractivity (Wildman–Crippen MR) is 60.6 cm³/mol. The number of Topliss-reactive ketones (excluding diaryl/α,β-unsaturated/α-hetero) is 1. The first kappa shape index (κ1) is 13.8. The number of carbonyl (C=O) groups is 3. The average Bonchev–Trinajstić information content (AvgIpc) is 2.34. The van der Waals surface area contributed by atoms with E-state index in [0.717, 1.165) is 12.1 Å². The number of hydrogen-bond acceptors (Lipinski definition) is 3. The zero-order valence-corrected chi connectivity index (χ0v) is 9.48. The van der Waals surface area contributed by atoms with Crippen LogP contribution in [0.25, 0.3) is 0 Å². The first-order valence-corrected chi connectivity index (χ1v) is 5.26. The van der Waals surface area contributed by atoms with Gasteiger partial charge in [-0.25, -0.2) is 4.39 Å². The van der Waals surface area contributed by atoms with E-state index >= 15 is 0 Å². The van der Waals surface area contributed by atoms with Crippen LogP contribution in [0.1, 0.15) is 23.2 Å². The van der Waals surface area contributed by atoms with Gasteiger partial charge in [-0.15, -0.1) is 0 Å². The van der Waals surface area contributed by atoms with Gasteiger partial charge >= 0.3 is 5.97 Å². The topological polar surface area (TPSA) is 83.5 Å². The molecular weight excluding hydrogens is 241 g/mol. The second kappa shape index (κ2) is 6.48. The molecule has 1 amide bonds. The highest BCUT2D eigenvalue weighted by atomic mass is 19.1. The lowest BCUT2D eigenvalue weighted by Crippen LogP contribution is -2.29. The second-order valence-electron chi connectivity index (χ2n) is 3.60. The summed E-state index contributed by atoms with van der Waals surface area (Å²) in [6, 6.07) is 5.01. The first-order valence-electron chi connectivity index (χ1n) is 5.26. The van der Waals surface area contributed by atoms with Crippen molar-refractivity contribution in [1.82, 2.24) is 5.32 Å². The molecule has 1 aromatic rings. The van der Waals surface area contributed by atoms with Crippen LogP contribution in [0.15, 0.2) is 24.3 Å². The number of carboxylic acid groups (broad SMARTS) is 1. The van der Waals surface area contributed by atoms with Crippen molar-refractivity contribution in [2.24, 2.45) is 0 Å². The minimum Gasteiger partial charge on any atom is -0.480 e. The van der Waals surface area contributed by atoms with Crippen LogP contribution < -0.4 is 5.32 Å². The van der Waals surface area contributed by atoms with Crippen LogP contribution in [0, 0.1) is 5.82 Å². The normalized spacial score (nSPS) is 9.83. The number of nitrogens with one attached hydrogen (secondary N) is 1. The van der Waals surface area contributed by atoms with Gasteiger partial charge in [0, 0.05) is 18.4 Å². The molecule has 0 radical (unpaired) electrons. The molecule has 1 rings (SSSR count). The quantitative estimate of drug-likeness (QED) is 0.740. The molecule has 0 unspecified atom stereocenters. The lowest BCUT2D eigenvalue weighted by atomic mass is 10.1. The van der Waals surface area contributed by atoms with Gasteiger partial charge in [0.2, 0.25) is 5.91 Å². The second-order valence-corrected chi connectivity index (χ2v) is 3.60. The standard InChI is InChI=1S/C12H12FNO4/c13-9-3-1-8(2-4-9)10(15)5-6-11(16)14-7-12(17)18/h1-4H,5-7H2,(H,14,16)(H,17,18). The summed E-state index contributed by atoms with van der Waals surface area (Å²) in [4.78, 5) is 32.9. The Hall–Kier alpha value is -2.24. The van der Waals surface area contributed by atoms with E-state index in [1.807, 2.05) is 0 Å². The van der Waals surface area contributed by atoms with Gasteiger partial charge in [0.05, 0.1) is 0 Å². The van der Waals surface area contributed by atoms with Crippen LogP contribution in [-0.4, -0.2) is 29.3 Å². The monoisotopic (exact) mass is 253 g/mol. The number of carbonyl (C=O) groups excluding carboxylic acids is 2. The van der Waals surface area contributed by atoms with E-state index < -0.39 is 24.2 Å². The van der Waals surface area contributed by atoms with Crippen LogP contribution in [0.3, 0.4) is 0 Å². The molecule has 0 bridgehead atoms. The number of hydrogen-bond donors (Lipinski definition) is 2. The Morgan fingerprint density at radius 3 is 2.28 bits per heavy atom. The Morgan fingerprint density at radius 1 is 1.11 bits per heavy atom. The summed E-state index contributed by atoms with van der Waals surface area (Å²) < 4.78 is 12.6.